The summed E-state index contributed by atoms with van der Waals surface area (Å²) in [6.45, 7) is -8.68. The molecule has 0 bridgehead atoms. The number of hydrogen-bond donors (Lipinski definition) is 17. The van der Waals surface area contributed by atoms with Crippen LogP contribution in [0.5, 0.6) is 0 Å². The SMILES string of the molecule is OCC1OC(OC2(CO)OC(COC3(CO)OC(COC4(CO)OC(COC5(CO)OC(CO)C(O)C5O)C(O)C4O)C(O)C3O)C(O)C2O)C(O)C(O)C1O. The molecule has 17 N–H and O–H groups in total. The van der Waals surface area contributed by atoms with Crippen molar-refractivity contribution in [2.45, 2.75) is 127 Å². The molecule has 21 unspecified atom stereocenters. The van der Waals surface area contributed by atoms with Crippen LogP contribution in [-0.2, 0) is 42.6 Å². The van der Waals surface area contributed by atoms with E-state index >= 15 is 0 Å². The monoisotopic (exact) mass is 828 g/mol. The van der Waals surface area contributed by atoms with Crippen LogP contribution >= 0.6 is 0 Å². The van der Waals surface area contributed by atoms with E-state index in [1.54, 1.807) is 0 Å². The molecule has 0 aromatic rings. The first-order valence-electron chi connectivity index (χ1n) is 17.5. The minimum absolute atomic E-state index is 0.758. The average Bonchev–Trinajstić information content (AvgIpc) is 3.80. The normalized spacial score (nSPS) is 52.3. The van der Waals surface area contributed by atoms with E-state index in [0.717, 1.165) is 0 Å². The Balaban J connectivity index is 1.21. The van der Waals surface area contributed by atoms with Crippen molar-refractivity contribution in [2.24, 2.45) is 0 Å². The molecule has 5 aliphatic heterocycles. The second-order valence-corrected chi connectivity index (χ2v) is 14.2. The Morgan fingerprint density at radius 1 is 0.357 bits per heavy atom. The van der Waals surface area contributed by atoms with E-state index in [4.69, 9.17) is 42.6 Å². The summed E-state index contributed by atoms with van der Waals surface area (Å²) in [6, 6.07) is 0. The van der Waals surface area contributed by atoms with Crippen LogP contribution in [-0.4, -0.2) is 273 Å². The maximum atomic E-state index is 10.9. The summed E-state index contributed by atoms with van der Waals surface area (Å²) < 4.78 is 49.2. The highest BCUT2D eigenvalue weighted by Crippen LogP contribution is 2.41. The van der Waals surface area contributed by atoms with E-state index in [1.807, 2.05) is 0 Å². The molecular formula is C30H52O26. The fourth-order valence-corrected chi connectivity index (χ4v) is 7.16. The van der Waals surface area contributed by atoms with E-state index < -0.39 is 187 Å². The number of aliphatic hydroxyl groups excluding tert-OH is 17. The predicted molar refractivity (Wildman–Crippen MR) is 167 cm³/mol. The highest BCUT2D eigenvalue weighted by atomic mass is 16.8. The van der Waals surface area contributed by atoms with Gasteiger partial charge in [0.1, 0.15) is 124 Å². The summed E-state index contributed by atoms with van der Waals surface area (Å²) in [4.78, 5) is 0. The molecule has 5 rings (SSSR count). The fourth-order valence-electron chi connectivity index (χ4n) is 7.16. The first-order valence-corrected chi connectivity index (χ1v) is 17.5. The molecule has 0 spiro atoms. The van der Waals surface area contributed by atoms with Gasteiger partial charge in [0.15, 0.2) is 6.29 Å². The van der Waals surface area contributed by atoms with Crippen molar-refractivity contribution in [3.8, 4) is 0 Å². The second kappa shape index (κ2) is 17.9. The topological polar surface area (TPSA) is 427 Å². The van der Waals surface area contributed by atoms with Crippen LogP contribution < -0.4 is 0 Å². The minimum atomic E-state index is -2.58. The van der Waals surface area contributed by atoms with E-state index in [0.29, 0.717) is 0 Å². The Morgan fingerprint density at radius 2 is 0.679 bits per heavy atom. The van der Waals surface area contributed by atoms with Gasteiger partial charge in [-0.2, -0.15) is 0 Å². The van der Waals surface area contributed by atoms with Gasteiger partial charge in [-0.05, 0) is 0 Å². The standard InChI is InChI=1S/C30H52O26/c31-1-10-15(37)20(42)21(43)26(51-10)56-30(9-36)25(47)19(41)14(55-30)5-50-29(8-35)24(46)18(40)13(54-29)4-49-28(7-34)23(45)17(39)12(53-28)3-48-27(6-33)22(44)16(38)11(2-32)52-27/h10-26,31-47H,1-9H2. The first kappa shape index (κ1) is 46.0. The van der Waals surface area contributed by atoms with Crippen LogP contribution in [0.2, 0.25) is 0 Å². The van der Waals surface area contributed by atoms with Crippen LogP contribution in [0.25, 0.3) is 0 Å². The molecule has 26 heteroatoms. The lowest BCUT2D eigenvalue weighted by molar-refractivity contribution is -0.385. The van der Waals surface area contributed by atoms with Crippen LogP contribution in [0.1, 0.15) is 0 Å². The summed E-state index contributed by atoms with van der Waals surface area (Å²) in [7, 11) is 0. The molecule has 56 heavy (non-hydrogen) atoms. The van der Waals surface area contributed by atoms with Crippen molar-refractivity contribution in [1.29, 1.82) is 0 Å². The molecule has 0 aromatic heterocycles. The Bertz CT molecular complexity index is 1270. The third-order valence-corrected chi connectivity index (χ3v) is 10.7. The van der Waals surface area contributed by atoms with Crippen molar-refractivity contribution in [3.05, 3.63) is 0 Å². The Hall–Kier alpha value is -1.04. The smallest absolute Gasteiger partial charge is 0.224 e. The third-order valence-electron chi connectivity index (χ3n) is 10.7. The van der Waals surface area contributed by atoms with Gasteiger partial charge >= 0.3 is 0 Å². The van der Waals surface area contributed by atoms with Crippen LogP contribution in [0, 0.1) is 0 Å². The zero-order valence-electron chi connectivity index (χ0n) is 29.5. The zero-order chi connectivity index (χ0) is 41.5. The molecule has 0 amide bonds. The third kappa shape index (κ3) is 7.97. The second-order valence-electron chi connectivity index (χ2n) is 14.2. The number of hydrogen-bond acceptors (Lipinski definition) is 26. The lowest BCUT2D eigenvalue weighted by atomic mass is 9.99. The zero-order valence-corrected chi connectivity index (χ0v) is 29.5. The summed E-state index contributed by atoms with van der Waals surface area (Å²) >= 11 is 0. The van der Waals surface area contributed by atoms with Crippen molar-refractivity contribution in [3.63, 3.8) is 0 Å². The number of aliphatic hydroxyl groups is 17. The van der Waals surface area contributed by atoms with Crippen LogP contribution in [0.15, 0.2) is 0 Å². The maximum Gasteiger partial charge on any atom is 0.224 e. The van der Waals surface area contributed by atoms with E-state index in [9.17, 15) is 86.8 Å². The minimum Gasteiger partial charge on any atom is -0.394 e. The van der Waals surface area contributed by atoms with E-state index in [-0.39, 0.29) is 0 Å². The Kier molecular flexibility index (Phi) is 14.7. The van der Waals surface area contributed by atoms with Crippen molar-refractivity contribution in [2.75, 3.05) is 59.5 Å². The molecule has 26 nitrogen and oxygen atoms in total. The van der Waals surface area contributed by atoms with Gasteiger partial charge in [-0.3, -0.25) is 0 Å². The molecule has 5 saturated heterocycles. The molecule has 5 aliphatic rings. The van der Waals surface area contributed by atoms with Crippen molar-refractivity contribution < 1.29 is 129 Å². The van der Waals surface area contributed by atoms with Gasteiger partial charge in [0.05, 0.1) is 33.0 Å². The van der Waals surface area contributed by atoms with Crippen LogP contribution in [0.3, 0.4) is 0 Å². The lowest BCUT2D eigenvalue weighted by Crippen LogP contribution is -2.62. The van der Waals surface area contributed by atoms with Gasteiger partial charge in [0.25, 0.3) is 0 Å². The Labute approximate surface area is 316 Å². The molecule has 5 fully saturated rings. The van der Waals surface area contributed by atoms with Gasteiger partial charge in [0.2, 0.25) is 23.1 Å². The summed E-state index contributed by atoms with van der Waals surface area (Å²) in [5.74, 6) is -9.85. The number of rotatable bonds is 17. The molecule has 328 valence electrons. The largest absolute Gasteiger partial charge is 0.394 e. The molecule has 0 aromatic carbocycles. The molecule has 0 saturated carbocycles. The summed E-state index contributed by atoms with van der Waals surface area (Å²) in [5.41, 5.74) is 0. The lowest BCUT2D eigenvalue weighted by Gasteiger charge is -2.43. The Morgan fingerprint density at radius 3 is 1.02 bits per heavy atom. The molecule has 21 atom stereocenters. The van der Waals surface area contributed by atoms with E-state index in [2.05, 4.69) is 0 Å². The highest BCUT2D eigenvalue weighted by Gasteiger charge is 2.63. The highest BCUT2D eigenvalue weighted by molar-refractivity contribution is 5.03. The molecule has 0 radical (unpaired) electrons. The first-order chi connectivity index (χ1) is 26.4. The quantitative estimate of drug-likeness (QED) is 0.0647. The van der Waals surface area contributed by atoms with Gasteiger partial charge in [-0.1, -0.05) is 0 Å². The van der Waals surface area contributed by atoms with Gasteiger partial charge in [-0.15, -0.1) is 0 Å². The number of ether oxygens (including phenoxy) is 9. The maximum absolute atomic E-state index is 10.9. The molecular weight excluding hydrogens is 776 g/mol. The fraction of sp³-hybridized carbons (Fsp3) is 1.00. The average molecular weight is 829 g/mol. The van der Waals surface area contributed by atoms with Gasteiger partial charge in [-0.25, -0.2) is 0 Å². The molecule has 5 heterocycles. The van der Waals surface area contributed by atoms with Crippen LogP contribution in [0.4, 0.5) is 0 Å². The summed E-state index contributed by atoms with van der Waals surface area (Å²) in [5, 5.41) is 175. The van der Waals surface area contributed by atoms with Gasteiger partial charge < -0.3 is 129 Å². The van der Waals surface area contributed by atoms with Gasteiger partial charge in [0, 0.05) is 0 Å². The van der Waals surface area contributed by atoms with E-state index in [1.165, 1.54) is 0 Å². The predicted octanol–water partition coefficient (Wildman–Crippen LogP) is -11.9. The van der Waals surface area contributed by atoms with Crippen molar-refractivity contribution in [1.82, 2.24) is 0 Å². The molecule has 0 aliphatic carbocycles. The summed E-state index contributed by atoms with van der Waals surface area (Å²) in [6.07, 6.45) is -30.9. The van der Waals surface area contributed by atoms with Crippen molar-refractivity contribution >= 4 is 0 Å².